The topological polar surface area (TPSA) is 139 Å². The molecule has 2 aliphatic heterocycles. The molecule has 1 aromatic heterocycles. The zero-order valence-electron chi connectivity index (χ0n) is 24.0. The number of phenolic OH excluding ortho intramolecular Hbond substituents is 1. The lowest BCUT2D eigenvalue weighted by molar-refractivity contribution is -0.112. The molecule has 9 heteroatoms. The highest BCUT2D eigenvalue weighted by Gasteiger charge is 2.28. The number of carbonyl (C=O) groups is 1. The fraction of sp³-hybridized carbons (Fsp3) is 0.500. The van der Waals surface area contributed by atoms with Crippen LogP contribution in [0, 0.1) is 0 Å². The van der Waals surface area contributed by atoms with Crippen molar-refractivity contribution >= 4 is 23.4 Å². The monoisotopic (exact) mass is 541 g/mol. The van der Waals surface area contributed by atoms with Gasteiger partial charge in [0.05, 0.1) is 13.2 Å². The van der Waals surface area contributed by atoms with Crippen molar-refractivity contribution in [1.29, 1.82) is 0 Å². The predicted octanol–water partition coefficient (Wildman–Crippen LogP) is 3.69. The van der Waals surface area contributed by atoms with Crippen LogP contribution < -0.4 is 16.8 Å². The Labute approximate surface area is 233 Å². The van der Waals surface area contributed by atoms with Gasteiger partial charge in [0.2, 0.25) is 0 Å². The number of nitrogen functional groups attached to an aromatic ring is 1. The molecule has 2 saturated heterocycles. The van der Waals surface area contributed by atoms with Crippen molar-refractivity contribution in [3.05, 3.63) is 59.3 Å². The highest BCUT2D eigenvalue weighted by Crippen LogP contribution is 2.39. The number of carbonyl (C=O) groups excluding carboxylic acids is 1. The number of benzene rings is 1. The van der Waals surface area contributed by atoms with Crippen LogP contribution in [-0.2, 0) is 14.3 Å². The largest absolute Gasteiger partial charge is 0.507 e. The number of nitrogens with two attached hydrogens (primary N) is 2. The van der Waals surface area contributed by atoms with E-state index in [0.717, 1.165) is 64.5 Å². The number of phenols is 1. The molecule has 2 aromatic rings. The Hall–Kier alpha value is -3.11. The highest BCUT2D eigenvalue weighted by atomic mass is 16.5. The molecule has 1 aromatic carbocycles. The van der Waals surface area contributed by atoms with Gasteiger partial charge in [-0.15, -0.1) is 0 Å². The normalized spacial score (nSPS) is 17.3. The van der Waals surface area contributed by atoms with Crippen LogP contribution in [-0.4, -0.2) is 80.9 Å². The smallest absolute Gasteiger partial charge is 0.152 e. The zero-order valence-corrected chi connectivity index (χ0v) is 24.0. The van der Waals surface area contributed by atoms with E-state index in [-0.39, 0.29) is 17.5 Å². The average molecular weight is 542 g/mol. The van der Waals surface area contributed by atoms with Crippen LogP contribution in [0.1, 0.15) is 60.9 Å². The Morgan fingerprint density at radius 3 is 2.33 bits per heavy atom. The lowest BCUT2D eigenvalue weighted by Crippen LogP contribution is -2.38. The quantitative estimate of drug-likeness (QED) is 0.335. The molecule has 0 saturated carbocycles. The molecule has 39 heavy (non-hydrogen) atoms. The Bertz CT molecular complexity index is 1070. The first-order valence-electron chi connectivity index (χ1n) is 13.6. The summed E-state index contributed by atoms with van der Waals surface area (Å²) in [6.07, 6.45) is 5.15. The number of ether oxygens (including phenoxy) is 2. The van der Waals surface area contributed by atoms with Crippen molar-refractivity contribution in [1.82, 2.24) is 15.2 Å². The number of anilines is 1. The van der Waals surface area contributed by atoms with Crippen LogP contribution in [0.3, 0.4) is 0 Å². The summed E-state index contributed by atoms with van der Waals surface area (Å²) < 4.78 is 11.1. The Morgan fingerprint density at radius 1 is 1.21 bits per heavy atom. The molecule has 7 N–H and O–H groups in total. The molecule has 9 nitrogen and oxygen atoms in total. The lowest BCUT2D eigenvalue weighted by atomic mass is 9.87. The van der Waals surface area contributed by atoms with E-state index in [2.05, 4.69) is 28.7 Å². The van der Waals surface area contributed by atoms with Crippen LogP contribution in [0.5, 0.6) is 5.75 Å². The third-order valence-corrected chi connectivity index (χ3v) is 6.70. The maximum Gasteiger partial charge on any atom is 0.152 e. The molecule has 1 atom stereocenters. The number of aromatic hydroxyl groups is 1. The van der Waals surface area contributed by atoms with Gasteiger partial charge in [0.25, 0.3) is 0 Å². The SMILES string of the molecule is C=CC(C)=O.CNC.C[C@@H](CN1CCOCC1)c1c(C2CCOCC2)[nH]c(N)c1/C=C(\N)c1ccccc1O. The number of hydrogen-bond acceptors (Lipinski definition) is 8. The van der Waals surface area contributed by atoms with Crippen molar-refractivity contribution in [3.8, 4) is 5.75 Å². The minimum absolute atomic E-state index is 0.0185. The van der Waals surface area contributed by atoms with Gasteiger partial charge in [-0.2, -0.15) is 0 Å². The van der Waals surface area contributed by atoms with Crippen LogP contribution in [0.25, 0.3) is 11.8 Å². The summed E-state index contributed by atoms with van der Waals surface area (Å²) in [5.74, 6) is 1.48. The predicted molar refractivity (Wildman–Crippen MR) is 160 cm³/mol. The van der Waals surface area contributed by atoms with E-state index in [1.54, 1.807) is 12.1 Å². The fourth-order valence-electron chi connectivity index (χ4n) is 4.78. The second-order valence-electron chi connectivity index (χ2n) is 9.91. The number of hydrogen-bond donors (Lipinski definition) is 5. The van der Waals surface area contributed by atoms with Crippen molar-refractivity contribution in [2.75, 3.05) is 65.9 Å². The van der Waals surface area contributed by atoms with Gasteiger partial charge in [-0.05, 0) is 69.6 Å². The number of morpholine rings is 1. The Kier molecular flexibility index (Phi) is 13.8. The lowest BCUT2D eigenvalue weighted by Gasteiger charge is -2.30. The molecule has 0 spiro atoms. The van der Waals surface area contributed by atoms with Crippen LogP contribution in [0.2, 0.25) is 0 Å². The zero-order chi connectivity index (χ0) is 28.8. The number of nitrogens with one attached hydrogen (secondary N) is 2. The average Bonchev–Trinajstić information content (AvgIpc) is 3.26. The van der Waals surface area contributed by atoms with Gasteiger partial charge >= 0.3 is 0 Å². The van der Waals surface area contributed by atoms with Crippen LogP contribution in [0.4, 0.5) is 5.82 Å². The van der Waals surface area contributed by atoms with E-state index in [4.69, 9.17) is 20.9 Å². The number of ketones is 1. The maximum absolute atomic E-state index is 10.2. The molecule has 0 unspecified atom stereocenters. The number of para-hydroxylation sites is 1. The Morgan fingerprint density at radius 2 is 1.77 bits per heavy atom. The van der Waals surface area contributed by atoms with Gasteiger partial charge in [-0.25, -0.2) is 0 Å². The first kappa shape index (κ1) is 32.1. The molecule has 0 amide bonds. The van der Waals surface area contributed by atoms with Gasteiger partial charge in [0.15, 0.2) is 5.78 Å². The van der Waals surface area contributed by atoms with E-state index in [0.29, 0.717) is 23.0 Å². The van der Waals surface area contributed by atoms with Gasteiger partial charge in [-0.3, -0.25) is 9.69 Å². The molecular formula is C30H47N5O4. The number of H-pyrrole nitrogens is 1. The molecule has 0 bridgehead atoms. The number of nitrogens with zero attached hydrogens (tertiary/aromatic N) is 1. The summed E-state index contributed by atoms with van der Waals surface area (Å²) in [4.78, 5) is 15.6. The summed E-state index contributed by atoms with van der Waals surface area (Å²) >= 11 is 0. The van der Waals surface area contributed by atoms with Gasteiger partial charge in [0, 0.05) is 61.3 Å². The van der Waals surface area contributed by atoms with Gasteiger partial charge < -0.3 is 36.3 Å². The second-order valence-corrected chi connectivity index (χ2v) is 9.91. The van der Waals surface area contributed by atoms with E-state index >= 15 is 0 Å². The number of aromatic nitrogens is 1. The summed E-state index contributed by atoms with van der Waals surface area (Å²) in [5.41, 5.74) is 17.4. The van der Waals surface area contributed by atoms with Crippen molar-refractivity contribution < 1.29 is 19.4 Å². The minimum Gasteiger partial charge on any atom is -0.507 e. The summed E-state index contributed by atoms with van der Waals surface area (Å²) in [6, 6.07) is 7.12. The van der Waals surface area contributed by atoms with Crippen molar-refractivity contribution in [3.63, 3.8) is 0 Å². The van der Waals surface area contributed by atoms with Crippen LogP contribution >= 0.6 is 0 Å². The van der Waals surface area contributed by atoms with Crippen LogP contribution in [0.15, 0.2) is 36.9 Å². The molecule has 2 fully saturated rings. The third-order valence-electron chi connectivity index (χ3n) is 6.70. The summed E-state index contributed by atoms with van der Waals surface area (Å²) in [6.45, 7) is 12.9. The summed E-state index contributed by atoms with van der Waals surface area (Å²) in [5, 5.41) is 13.0. The summed E-state index contributed by atoms with van der Waals surface area (Å²) in [7, 11) is 3.75. The van der Waals surface area contributed by atoms with Crippen molar-refractivity contribution in [2.45, 2.75) is 38.5 Å². The van der Waals surface area contributed by atoms with Crippen molar-refractivity contribution in [2.24, 2.45) is 5.73 Å². The molecule has 3 heterocycles. The van der Waals surface area contributed by atoms with E-state index in [1.165, 1.54) is 24.3 Å². The second kappa shape index (κ2) is 16.8. The molecule has 216 valence electrons. The minimum atomic E-state index is 0.0185. The molecular weight excluding hydrogens is 494 g/mol. The maximum atomic E-state index is 10.2. The number of rotatable bonds is 7. The highest BCUT2D eigenvalue weighted by molar-refractivity contribution is 5.87. The first-order chi connectivity index (χ1) is 18.7. The number of allylic oxidation sites excluding steroid dienone is 1. The van der Waals surface area contributed by atoms with E-state index < -0.39 is 0 Å². The molecule has 2 aliphatic rings. The van der Waals surface area contributed by atoms with Gasteiger partial charge in [-0.1, -0.05) is 25.6 Å². The van der Waals surface area contributed by atoms with E-state index in [9.17, 15) is 9.90 Å². The van der Waals surface area contributed by atoms with E-state index in [1.807, 2.05) is 32.3 Å². The molecule has 0 aliphatic carbocycles. The molecule has 4 rings (SSSR count). The third kappa shape index (κ3) is 9.85. The Balaban J connectivity index is 0.000000590. The number of aromatic amines is 1. The fourth-order valence-corrected chi connectivity index (χ4v) is 4.78. The standard InChI is InChI=1S/C24H34N4O3.C4H6O.C2H7N/c1-16(15-28-8-12-31-13-9-28)22-19(14-20(25)18-4-2-3-5-21(18)29)24(26)27-23(22)17-6-10-30-11-7-17;1-3-4(2)5;1-3-2/h2-5,14,16-17,27,29H,6-13,15,25-26H2,1H3;3H,1H2,2H3;3H,1-2H3/b20-14-;;/t16-;;/m0../s1. The van der Waals surface area contributed by atoms with Gasteiger partial charge in [0.1, 0.15) is 11.6 Å². The first-order valence-corrected chi connectivity index (χ1v) is 13.6. The molecule has 0 radical (unpaired) electrons.